The van der Waals surface area contributed by atoms with E-state index in [0.717, 1.165) is 11.1 Å². The van der Waals surface area contributed by atoms with E-state index in [1.165, 1.54) is 17.4 Å². The quantitative estimate of drug-likeness (QED) is 0.164. The van der Waals surface area contributed by atoms with Gasteiger partial charge in [0, 0.05) is 16.6 Å². The first-order valence-electron chi connectivity index (χ1n) is 10.1. The van der Waals surface area contributed by atoms with Crippen molar-refractivity contribution in [2.24, 2.45) is 10.2 Å². The molecule has 0 saturated carbocycles. The number of nitrogens with two attached hydrogens (primary N) is 1. The van der Waals surface area contributed by atoms with Crippen LogP contribution < -0.4 is 40.4 Å². The number of benzene rings is 4. The van der Waals surface area contributed by atoms with Crippen molar-refractivity contribution < 1.29 is 47.6 Å². The average molecular weight is 513 g/mol. The summed E-state index contributed by atoms with van der Waals surface area (Å²) in [6.45, 7) is 1.81. The number of fused-ring (bicyclic) bond motifs is 3. The van der Waals surface area contributed by atoms with Crippen LogP contribution in [0.4, 0.5) is 17.1 Å². The Labute approximate surface area is 227 Å². The molecule has 0 unspecified atom stereocenters. The van der Waals surface area contributed by atoms with E-state index in [9.17, 15) is 18.1 Å². The van der Waals surface area contributed by atoms with Crippen molar-refractivity contribution in [3.8, 4) is 16.3 Å². The predicted octanol–water partition coefficient (Wildman–Crippen LogP) is 2.75. The first kappa shape index (κ1) is 25.2. The second-order valence-electron chi connectivity index (χ2n) is 7.67. The number of azo groups is 1. The summed E-state index contributed by atoms with van der Waals surface area (Å²) in [6.07, 6.45) is 0. The Balaban J connectivity index is 0.00000289. The van der Waals surface area contributed by atoms with Gasteiger partial charge in [-0.05, 0) is 48.2 Å². The molecule has 0 atom stereocenters. The molecule has 1 aromatic heterocycles. The fraction of sp³-hybridized carbons (Fsp3) is 0.0417. The number of aryl methyl sites for hydroxylation is 1. The molecule has 5 aromatic rings. The second-order valence-corrected chi connectivity index (χ2v) is 10.1. The number of hydrogen-bond acceptors (Lipinski definition) is 8. The topological polar surface area (TPSA) is 141 Å². The predicted molar refractivity (Wildman–Crippen MR) is 132 cm³/mol. The molecule has 1 heterocycles. The molecule has 170 valence electrons. The van der Waals surface area contributed by atoms with Gasteiger partial charge in [-0.2, -0.15) is 13.5 Å². The molecule has 11 heteroatoms. The third-order valence-corrected chi connectivity index (χ3v) is 7.37. The van der Waals surface area contributed by atoms with Gasteiger partial charge in [0.1, 0.15) is 9.90 Å². The minimum Gasteiger partial charge on any atom is -0.871 e. The third-order valence-electron chi connectivity index (χ3n) is 5.35. The zero-order valence-corrected chi connectivity index (χ0v) is 22.4. The molecule has 0 aliphatic carbocycles. The third kappa shape index (κ3) is 4.81. The molecule has 0 bridgehead atoms. The fourth-order valence-electron chi connectivity index (χ4n) is 3.66. The molecule has 0 saturated heterocycles. The van der Waals surface area contributed by atoms with Crippen LogP contribution in [0.25, 0.3) is 31.6 Å². The second kappa shape index (κ2) is 9.65. The normalized spacial score (nSPS) is 11.8. The minimum atomic E-state index is -4.77. The standard InChI is InChI=1S/C24H18N4O4S2.Na/c1-13-5-2-3-8-18(13)27-28-21-20(34(30,31)32)12-17-16(22(21)29)9-10-19-23(17)33-24(26-19)14-6-4-7-15(25)11-14;/h2-12,29H,25H2,1H3,(H,30,31,32);/q;+1/p-1. The zero-order chi connectivity index (χ0) is 24.0. The Kier molecular flexibility index (Phi) is 6.96. The van der Waals surface area contributed by atoms with Gasteiger partial charge in [0.25, 0.3) is 10.1 Å². The van der Waals surface area contributed by atoms with Crippen molar-refractivity contribution in [1.29, 1.82) is 0 Å². The minimum absolute atomic E-state index is 0. The molecule has 3 N–H and O–H groups in total. The summed E-state index contributed by atoms with van der Waals surface area (Å²) in [5, 5.41) is 22.6. The van der Waals surface area contributed by atoms with Gasteiger partial charge in [-0.1, -0.05) is 42.1 Å². The number of rotatable bonds is 4. The monoisotopic (exact) mass is 512 g/mol. The molecule has 0 aliphatic heterocycles. The van der Waals surface area contributed by atoms with Crippen molar-refractivity contribution in [1.82, 2.24) is 4.98 Å². The molecule has 0 amide bonds. The Morgan fingerprint density at radius 3 is 2.49 bits per heavy atom. The van der Waals surface area contributed by atoms with E-state index < -0.39 is 26.5 Å². The molecule has 0 spiro atoms. The smallest absolute Gasteiger partial charge is 0.871 e. The Morgan fingerprint density at radius 1 is 1.00 bits per heavy atom. The maximum Gasteiger partial charge on any atom is 1.00 e. The largest absolute Gasteiger partial charge is 1.00 e. The van der Waals surface area contributed by atoms with Gasteiger partial charge >= 0.3 is 29.6 Å². The molecule has 0 aliphatic rings. The summed E-state index contributed by atoms with van der Waals surface area (Å²) >= 11 is 1.30. The van der Waals surface area contributed by atoms with Gasteiger partial charge in [0.15, 0.2) is 0 Å². The molecule has 4 aromatic carbocycles. The van der Waals surface area contributed by atoms with Crippen LogP contribution in [-0.2, 0) is 10.1 Å². The van der Waals surface area contributed by atoms with Crippen LogP contribution in [0.3, 0.4) is 0 Å². The van der Waals surface area contributed by atoms with Crippen molar-refractivity contribution in [3.63, 3.8) is 0 Å². The van der Waals surface area contributed by atoms with Crippen LogP contribution in [0.5, 0.6) is 5.75 Å². The van der Waals surface area contributed by atoms with Gasteiger partial charge < -0.3 is 10.8 Å². The van der Waals surface area contributed by atoms with Crippen molar-refractivity contribution in [3.05, 3.63) is 72.3 Å². The number of anilines is 1. The van der Waals surface area contributed by atoms with E-state index in [-0.39, 0.29) is 34.9 Å². The van der Waals surface area contributed by atoms with Crippen LogP contribution in [-0.4, -0.2) is 18.0 Å². The van der Waals surface area contributed by atoms with E-state index in [1.807, 2.05) is 31.2 Å². The van der Waals surface area contributed by atoms with Gasteiger partial charge in [-0.15, -0.1) is 16.5 Å². The van der Waals surface area contributed by atoms with Crippen LogP contribution >= 0.6 is 11.3 Å². The summed E-state index contributed by atoms with van der Waals surface area (Å²) in [6, 6.07) is 18.8. The Morgan fingerprint density at radius 2 is 1.77 bits per heavy atom. The van der Waals surface area contributed by atoms with Gasteiger partial charge in [-0.25, -0.2) is 4.98 Å². The number of nitrogen functional groups attached to an aromatic ring is 1. The van der Waals surface area contributed by atoms with Crippen LogP contribution in [0.1, 0.15) is 5.56 Å². The zero-order valence-electron chi connectivity index (χ0n) is 18.8. The van der Waals surface area contributed by atoms with E-state index >= 15 is 0 Å². The van der Waals surface area contributed by atoms with Crippen molar-refractivity contribution >= 4 is 59.5 Å². The van der Waals surface area contributed by atoms with Gasteiger partial charge in [0.2, 0.25) is 0 Å². The summed E-state index contributed by atoms with van der Waals surface area (Å²) in [7, 11) is -4.77. The molecule has 5 rings (SSSR count). The summed E-state index contributed by atoms with van der Waals surface area (Å²) < 4.78 is 34.9. The maximum atomic E-state index is 13.3. The van der Waals surface area contributed by atoms with E-state index in [4.69, 9.17) is 5.73 Å². The van der Waals surface area contributed by atoms with E-state index in [2.05, 4.69) is 15.2 Å². The molecule has 35 heavy (non-hydrogen) atoms. The van der Waals surface area contributed by atoms with Crippen molar-refractivity contribution in [2.45, 2.75) is 11.8 Å². The average Bonchev–Trinajstić information content (AvgIpc) is 3.23. The first-order chi connectivity index (χ1) is 16.2. The maximum absolute atomic E-state index is 13.3. The van der Waals surface area contributed by atoms with E-state index in [1.54, 1.807) is 36.4 Å². The molecular weight excluding hydrogens is 495 g/mol. The number of aromatic nitrogens is 1. The fourth-order valence-corrected chi connectivity index (χ4v) is 5.38. The molecule has 8 nitrogen and oxygen atoms in total. The molecular formula is C24H17N4NaO4S2. The van der Waals surface area contributed by atoms with Crippen molar-refractivity contribution in [2.75, 3.05) is 5.73 Å². The van der Waals surface area contributed by atoms with Crippen LogP contribution in [0, 0.1) is 6.92 Å². The van der Waals surface area contributed by atoms with Gasteiger partial charge in [0.05, 0.1) is 21.6 Å². The summed E-state index contributed by atoms with van der Waals surface area (Å²) in [5.41, 5.74) is 8.69. The Bertz CT molecular complexity index is 1730. The Hall–Kier alpha value is -2.86. The van der Waals surface area contributed by atoms with E-state index in [0.29, 0.717) is 32.0 Å². The number of thiazole rings is 1. The molecule has 0 fully saturated rings. The number of hydrogen-bond donors (Lipinski definition) is 2. The summed E-state index contributed by atoms with van der Waals surface area (Å²) in [5.74, 6) is -0.650. The summed E-state index contributed by atoms with van der Waals surface area (Å²) in [4.78, 5) is 4.01. The first-order valence-corrected chi connectivity index (χ1v) is 12.4. The molecule has 0 radical (unpaired) electrons. The van der Waals surface area contributed by atoms with Crippen LogP contribution in [0.15, 0.2) is 81.9 Å². The number of nitrogens with zero attached hydrogens (tertiary/aromatic N) is 3. The SMILES string of the molecule is Cc1ccccc1N=Nc1c(S(=O)(=O)O)cc2c(ccc3nc(-c4cccc(N)c4)sc32)c1[O-].[Na+]. The van der Waals surface area contributed by atoms with Gasteiger partial charge in [-0.3, -0.25) is 4.55 Å². The van der Waals surface area contributed by atoms with Crippen LogP contribution in [0.2, 0.25) is 0 Å².